The zero-order valence-corrected chi connectivity index (χ0v) is 8.39. The number of Topliss-reactive ketones (excluding diaryl/α,β-unsaturated/α-hetero) is 2. The number of ketones is 2. The van der Waals surface area contributed by atoms with E-state index < -0.39 is 0 Å². The van der Waals surface area contributed by atoms with Gasteiger partial charge in [0.2, 0.25) is 0 Å². The molecule has 0 aromatic carbocycles. The van der Waals surface area contributed by atoms with Crippen LogP contribution in [0.2, 0.25) is 0 Å². The second-order valence-corrected chi connectivity index (χ2v) is 3.87. The second-order valence-electron chi connectivity index (χ2n) is 3.87. The van der Waals surface area contributed by atoms with Crippen molar-refractivity contribution in [3.8, 4) is 0 Å². The van der Waals surface area contributed by atoms with Gasteiger partial charge in [-0.25, -0.2) is 0 Å². The largest absolute Gasteiger partial charge is 0.300 e. The fourth-order valence-corrected chi connectivity index (χ4v) is 1.15. The van der Waals surface area contributed by atoms with Gasteiger partial charge in [-0.15, -0.1) is 0 Å². The van der Waals surface area contributed by atoms with Crippen molar-refractivity contribution >= 4 is 11.6 Å². The Kier molecular flexibility index (Phi) is 4.79. The monoisotopic (exact) mass is 170 g/mol. The lowest BCUT2D eigenvalue weighted by Gasteiger charge is -2.09. The van der Waals surface area contributed by atoms with Crippen LogP contribution in [0, 0.1) is 11.8 Å². The van der Waals surface area contributed by atoms with E-state index in [1.54, 1.807) is 0 Å². The van der Waals surface area contributed by atoms with E-state index in [1.165, 1.54) is 6.92 Å². The molecule has 0 fully saturated rings. The summed E-state index contributed by atoms with van der Waals surface area (Å²) in [5, 5.41) is 0. The third kappa shape index (κ3) is 5.05. The standard InChI is InChI=1S/C10H18O2/c1-7(2)5-10(12)8(3)6-9(4)11/h7-8H,5-6H2,1-4H3. The zero-order valence-electron chi connectivity index (χ0n) is 8.39. The Labute approximate surface area is 74.3 Å². The maximum atomic E-state index is 11.3. The molecule has 0 aliphatic heterocycles. The summed E-state index contributed by atoms with van der Waals surface area (Å²) in [5.74, 6) is 0.608. The van der Waals surface area contributed by atoms with Crippen molar-refractivity contribution < 1.29 is 9.59 Å². The van der Waals surface area contributed by atoms with Gasteiger partial charge in [0.15, 0.2) is 0 Å². The molecule has 0 rings (SSSR count). The Morgan fingerprint density at radius 3 is 1.92 bits per heavy atom. The summed E-state index contributed by atoms with van der Waals surface area (Å²) < 4.78 is 0. The summed E-state index contributed by atoms with van der Waals surface area (Å²) >= 11 is 0. The van der Waals surface area contributed by atoms with Crippen LogP contribution >= 0.6 is 0 Å². The van der Waals surface area contributed by atoms with Crippen LogP contribution in [-0.4, -0.2) is 11.6 Å². The predicted octanol–water partition coefficient (Wildman–Crippen LogP) is 2.22. The topological polar surface area (TPSA) is 34.1 Å². The first-order chi connectivity index (χ1) is 5.43. The normalized spacial score (nSPS) is 13.1. The van der Waals surface area contributed by atoms with Crippen molar-refractivity contribution in [2.45, 2.75) is 40.5 Å². The van der Waals surface area contributed by atoms with E-state index in [2.05, 4.69) is 0 Å². The molecule has 0 bridgehead atoms. The molecule has 0 aromatic heterocycles. The molecular weight excluding hydrogens is 152 g/mol. The Bertz CT molecular complexity index is 171. The number of carbonyl (C=O) groups is 2. The van der Waals surface area contributed by atoms with Gasteiger partial charge in [0, 0.05) is 18.8 Å². The molecule has 0 saturated heterocycles. The second kappa shape index (κ2) is 5.07. The summed E-state index contributed by atoms with van der Waals surface area (Å²) in [4.78, 5) is 22.0. The smallest absolute Gasteiger partial charge is 0.136 e. The molecule has 1 atom stereocenters. The van der Waals surface area contributed by atoms with Gasteiger partial charge in [0.05, 0.1) is 0 Å². The van der Waals surface area contributed by atoms with Crippen LogP contribution in [-0.2, 0) is 9.59 Å². The lowest BCUT2D eigenvalue weighted by atomic mass is 9.94. The van der Waals surface area contributed by atoms with E-state index in [9.17, 15) is 9.59 Å². The van der Waals surface area contributed by atoms with E-state index in [4.69, 9.17) is 0 Å². The van der Waals surface area contributed by atoms with Crippen LogP contribution in [0.25, 0.3) is 0 Å². The molecule has 0 N–H and O–H groups in total. The van der Waals surface area contributed by atoms with Gasteiger partial charge in [-0.2, -0.15) is 0 Å². The Morgan fingerprint density at radius 1 is 1.08 bits per heavy atom. The van der Waals surface area contributed by atoms with Gasteiger partial charge in [0.25, 0.3) is 0 Å². The first-order valence-corrected chi connectivity index (χ1v) is 4.45. The van der Waals surface area contributed by atoms with Gasteiger partial charge in [0.1, 0.15) is 11.6 Å². The van der Waals surface area contributed by atoms with Crippen LogP contribution in [0.1, 0.15) is 40.5 Å². The van der Waals surface area contributed by atoms with Crippen LogP contribution in [0.15, 0.2) is 0 Å². The minimum absolute atomic E-state index is 0.0927. The molecule has 0 aliphatic carbocycles. The predicted molar refractivity (Wildman–Crippen MR) is 48.9 cm³/mol. The lowest BCUT2D eigenvalue weighted by Crippen LogP contribution is -2.15. The molecule has 0 amide bonds. The van der Waals surface area contributed by atoms with Crippen LogP contribution < -0.4 is 0 Å². The number of hydrogen-bond acceptors (Lipinski definition) is 2. The van der Waals surface area contributed by atoms with E-state index in [1.807, 2.05) is 20.8 Å². The molecule has 1 unspecified atom stereocenters. The van der Waals surface area contributed by atoms with Crippen molar-refractivity contribution in [3.05, 3.63) is 0 Å². The van der Waals surface area contributed by atoms with Crippen molar-refractivity contribution in [1.82, 2.24) is 0 Å². The SMILES string of the molecule is CC(=O)CC(C)C(=O)CC(C)C. The van der Waals surface area contributed by atoms with Gasteiger partial charge >= 0.3 is 0 Å². The maximum absolute atomic E-state index is 11.3. The van der Waals surface area contributed by atoms with Crippen LogP contribution in [0.4, 0.5) is 0 Å². The average Bonchev–Trinajstić information content (AvgIpc) is 1.84. The van der Waals surface area contributed by atoms with Crippen molar-refractivity contribution in [2.24, 2.45) is 11.8 Å². The Morgan fingerprint density at radius 2 is 1.58 bits per heavy atom. The summed E-state index contributed by atoms with van der Waals surface area (Å²) in [6, 6.07) is 0. The highest BCUT2D eigenvalue weighted by atomic mass is 16.1. The highest BCUT2D eigenvalue weighted by Crippen LogP contribution is 2.11. The summed E-state index contributed by atoms with van der Waals surface area (Å²) in [7, 11) is 0. The molecule has 0 spiro atoms. The third-order valence-corrected chi connectivity index (χ3v) is 1.75. The molecule has 0 radical (unpaired) electrons. The molecule has 12 heavy (non-hydrogen) atoms. The first-order valence-electron chi connectivity index (χ1n) is 4.45. The highest BCUT2D eigenvalue weighted by molar-refractivity contribution is 5.86. The van der Waals surface area contributed by atoms with Crippen LogP contribution in [0.3, 0.4) is 0 Å². The molecule has 70 valence electrons. The Hall–Kier alpha value is -0.660. The molecule has 0 aromatic rings. The number of carbonyl (C=O) groups excluding carboxylic acids is 2. The van der Waals surface area contributed by atoms with Gasteiger partial charge in [-0.05, 0) is 12.8 Å². The number of hydrogen-bond donors (Lipinski definition) is 0. The molecule has 0 heterocycles. The Balaban J connectivity index is 3.85. The average molecular weight is 170 g/mol. The molecule has 0 aliphatic rings. The van der Waals surface area contributed by atoms with Crippen molar-refractivity contribution in [1.29, 1.82) is 0 Å². The van der Waals surface area contributed by atoms with Crippen molar-refractivity contribution in [3.63, 3.8) is 0 Å². The third-order valence-electron chi connectivity index (χ3n) is 1.75. The summed E-state index contributed by atoms with van der Waals surface area (Å²) in [6.07, 6.45) is 0.986. The quantitative estimate of drug-likeness (QED) is 0.634. The van der Waals surface area contributed by atoms with E-state index in [0.717, 1.165) is 0 Å². The summed E-state index contributed by atoms with van der Waals surface area (Å²) in [6.45, 7) is 7.38. The van der Waals surface area contributed by atoms with E-state index >= 15 is 0 Å². The molecule has 0 saturated carbocycles. The minimum atomic E-state index is -0.0927. The molecule has 2 nitrogen and oxygen atoms in total. The van der Waals surface area contributed by atoms with E-state index in [0.29, 0.717) is 18.8 Å². The molecular formula is C10H18O2. The fraction of sp³-hybridized carbons (Fsp3) is 0.800. The van der Waals surface area contributed by atoms with Crippen molar-refractivity contribution in [2.75, 3.05) is 0 Å². The first kappa shape index (κ1) is 11.3. The van der Waals surface area contributed by atoms with Crippen LogP contribution in [0.5, 0.6) is 0 Å². The van der Waals surface area contributed by atoms with Gasteiger partial charge in [-0.1, -0.05) is 20.8 Å². The maximum Gasteiger partial charge on any atom is 0.136 e. The van der Waals surface area contributed by atoms with E-state index in [-0.39, 0.29) is 17.5 Å². The van der Waals surface area contributed by atoms with Gasteiger partial charge < -0.3 is 4.79 Å². The zero-order chi connectivity index (χ0) is 9.72. The fourth-order valence-electron chi connectivity index (χ4n) is 1.15. The lowest BCUT2D eigenvalue weighted by molar-refractivity contribution is -0.127. The van der Waals surface area contributed by atoms with Gasteiger partial charge in [-0.3, -0.25) is 4.79 Å². The molecule has 2 heteroatoms. The number of rotatable bonds is 5. The highest BCUT2D eigenvalue weighted by Gasteiger charge is 2.15. The minimum Gasteiger partial charge on any atom is -0.300 e. The summed E-state index contributed by atoms with van der Waals surface area (Å²) in [5.41, 5.74) is 0.